The van der Waals surface area contributed by atoms with Gasteiger partial charge in [-0.05, 0) is 31.0 Å². The fourth-order valence-electron chi connectivity index (χ4n) is 4.32. The molecule has 2 saturated heterocycles. The van der Waals surface area contributed by atoms with E-state index in [0.717, 1.165) is 57.8 Å². The van der Waals surface area contributed by atoms with Gasteiger partial charge in [0.1, 0.15) is 5.52 Å². The molecule has 0 radical (unpaired) electrons. The largest absolute Gasteiger partial charge is 0.367 e. The summed E-state index contributed by atoms with van der Waals surface area (Å²) in [5.74, 6) is 0.239. The first kappa shape index (κ1) is 19.6. The SMILES string of the molecule is O=C(CN1CCN(c2ccc([N+](=O)[O-])c3cccnc23)CC1)N1CCCCCC1. The van der Waals surface area contributed by atoms with Crippen LogP contribution in [0.2, 0.25) is 0 Å². The minimum Gasteiger partial charge on any atom is -0.367 e. The topological polar surface area (TPSA) is 82.8 Å². The molecule has 29 heavy (non-hydrogen) atoms. The molecule has 4 rings (SSSR count). The summed E-state index contributed by atoms with van der Waals surface area (Å²) < 4.78 is 0. The Morgan fingerprint density at radius 2 is 1.72 bits per heavy atom. The van der Waals surface area contributed by atoms with E-state index in [0.29, 0.717) is 17.4 Å². The lowest BCUT2D eigenvalue weighted by atomic mass is 10.1. The molecule has 3 heterocycles. The Balaban J connectivity index is 1.42. The average molecular weight is 397 g/mol. The first-order valence-corrected chi connectivity index (χ1v) is 10.4. The van der Waals surface area contributed by atoms with E-state index < -0.39 is 0 Å². The number of carbonyl (C=O) groups is 1. The number of nitrogens with zero attached hydrogens (tertiary/aromatic N) is 5. The summed E-state index contributed by atoms with van der Waals surface area (Å²) in [6.07, 6.45) is 6.34. The van der Waals surface area contributed by atoms with Crippen molar-refractivity contribution >= 4 is 28.2 Å². The molecule has 1 aromatic heterocycles. The molecule has 2 aliphatic rings. The standard InChI is InChI=1S/C21H27N5O3/c27-20(25-10-3-1-2-4-11-25)16-23-12-14-24(15-13-23)19-8-7-18(26(28)29)17-6-5-9-22-21(17)19/h5-9H,1-4,10-16H2. The number of amides is 1. The Hall–Kier alpha value is -2.74. The summed E-state index contributed by atoms with van der Waals surface area (Å²) >= 11 is 0. The zero-order valence-electron chi connectivity index (χ0n) is 16.6. The van der Waals surface area contributed by atoms with Crippen molar-refractivity contribution < 1.29 is 9.72 Å². The van der Waals surface area contributed by atoms with Crippen LogP contribution in [0.25, 0.3) is 10.9 Å². The van der Waals surface area contributed by atoms with Gasteiger partial charge in [0.05, 0.1) is 22.5 Å². The van der Waals surface area contributed by atoms with E-state index in [2.05, 4.69) is 14.8 Å². The van der Waals surface area contributed by atoms with Gasteiger partial charge in [0.15, 0.2) is 0 Å². The van der Waals surface area contributed by atoms with Crippen LogP contribution in [0.1, 0.15) is 25.7 Å². The molecule has 0 aliphatic carbocycles. The first-order valence-electron chi connectivity index (χ1n) is 10.4. The maximum atomic E-state index is 12.6. The van der Waals surface area contributed by atoms with Crippen LogP contribution in [0.4, 0.5) is 11.4 Å². The number of nitro groups is 1. The number of anilines is 1. The molecular weight excluding hydrogens is 370 g/mol. The Morgan fingerprint density at radius 1 is 1.00 bits per heavy atom. The quantitative estimate of drug-likeness (QED) is 0.583. The molecule has 1 aromatic carbocycles. The van der Waals surface area contributed by atoms with E-state index in [1.165, 1.54) is 12.8 Å². The molecule has 1 amide bonds. The molecule has 0 bridgehead atoms. The minimum absolute atomic E-state index is 0.0820. The van der Waals surface area contributed by atoms with Gasteiger partial charge in [-0.15, -0.1) is 0 Å². The molecule has 0 spiro atoms. The van der Waals surface area contributed by atoms with E-state index >= 15 is 0 Å². The summed E-state index contributed by atoms with van der Waals surface area (Å²) in [5.41, 5.74) is 1.67. The van der Waals surface area contributed by atoms with Crippen LogP contribution in [0.3, 0.4) is 0 Å². The van der Waals surface area contributed by atoms with E-state index in [-0.39, 0.29) is 16.5 Å². The zero-order valence-corrected chi connectivity index (χ0v) is 16.6. The third-order valence-corrected chi connectivity index (χ3v) is 5.95. The number of nitro benzene ring substituents is 1. The Bertz CT molecular complexity index is 887. The molecule has 2 fully saturated rings. The van der Waals surface area contributed by atoms with Crippen LogP contribution < -0.4 is 4.90 Å². The normalized spacial score (nSPS) is 18.6. The third kappa shape index (κ3) is 4.32. The predicted molar refractivity (Wildman–Crippen MR) is 112 cm³/mol. The lowest BCUT2D eigenvalue weighted by Crippen LogP contribution is -2.50. The van der Waals surface area contributed by atoms with Crippen molar-refractivity contribution in [2.24, 2.45) is 0 Å². The molecule has 0 unspecified atom stereocenters. The molecule has 154 valence electrons. The van der Waals surface area contributed by atoms with E-state index in [1.54, 1.807) is 30.5 Å². The molecule has 8 heteroatoms. The van der Waals surface area contributed by atoms with Gasteiger partial charge in [0, 0.05) is 51.5 Å². The highest BCUT2D eigenvalue weighted by atomic mass is 16.6. The Labute approximate surface area is 170 Å². The summed E-state index contributed by atoms with van der Waals surface area (Å²) in [6.45, 7) is 5.40. The highest BCUT2D eigenvalue weighted by Crippen LogP contribution is 2.32. The Morgan fingerprint density at radius 3 is 2.41 bits per heavy atom. The van der Waals surface area contributed by atoms with Crippen LogP contribution in [0.5, 0.6) is 0 Å². The maximum Gasteiger partial charge on any atom is 0.278 e. The molecule has 8 nitrogen and oxygen atoms in total. The van der Waals surface area contributed by atoms with Crippen LogP contribution in [0.15, 0.2) is 30.5 Å². The maximum absolute atomic E-state index is 12.6. The van der Waals surface area contributed by atoms with Gasteiger partial charge in [-0.2, -0.15) is 0 Å². The minimum atomic E-state index is -0.361. The molecule has 2 aromatic rings. The van der Waals surface area contributed by atoms with Crippen molar-refractivity contribution in [3.63, 3.8) is 0 Å². The van der Waals surface area contributed by atoms with Crippen molar-refractivity contribution in [3.8, 4) is 0 Å². The van der Waals surface area contributed by atoms with Gasteiger partial charge < -0.3 is 9.80 Å². The van der Waals surface area contributed by atoms with Crippen LogP contribution in [0, 0.1) is 10.1 Å². The van der Waals surface area contributed by atoms with Crippen LogP contribution in [-0.4, -0.2) is 71.4 Å². The number of aromatic nitrogens is 1. The molecule has 2 aliphatic heterocycles. The molecule has 0 N–H and O–H groups in total. The average Bonchev–Trinajstić information content (AvgIpc) is 3.03. The number of hydrogen-bond acceptors (Lipinski definition) is 6. The number of fused-ring (bicyclic) bond motifs is 1. The molecule has 0 atom stereocenters. The molecular formula is C21H27N5O3. The number of pyridine rings is 1. The van der Waals surface area contributed by atoms with Gasteiger partial charge in [-0.3, -0.25) is 24.8 Å². The fourth-order valence-corrected chi connectivity index (χ4v) is 4.32. The smallest absolute Gasteiger partial charge is 0.278 e. The summed E-state index contributed by atoms with van der Waals surface area (Å²) in [7, 11) is 0. The third-order valence-electron chi connectivity index (χ3n) is 5.95. The predicted octanol–water partition coefficient (Wildman–Crippen LogP) is 2.67. The van der Waals surface area contributed by atoms with Crippen molar-refractivity contribution in [1.29, 1.82) is 0 Å². The zero-order chi connectivity index (χ0) is 20.2. The van der Waals surface area contributed by atoms with Crippen LogP contribution >= 0.6 is 0 Å². The number of piperazine rings is 1. The monoisotopic (exact) mass is 397 g/mol. The van der Waals surface area contributed by atoms with Gasteiger partial charge in [-0.1, -0.05) is 12.8 Å². The van der Waals surface area contributed by atoms with E-state index in [9.17, 15) is 14.9 Å². The van der Waals surface area contributed by atoms with Gasteiger partial charge >= 0.3 is 0 Å². The summed E-state index contributed by atoms with van der Waals surface area (Å²) in [4.78, 5) is 34.5. The molecule has 0 saturated carbocycles. The summed E-state index contributed by atoms with van der Waals surface area (Å²) in [5, 5.41) is 11.9. The number of likely N-dealkylation sites (tertiary alicyclic amines) is 1. The number of carbonyl (C=O) groups excluding carboxylic acids is 1. The van der Waals surface area contributed by atoms with Gasteiger partial charge in [0.2, 0.25) is 5.91 Å². The second-order valence-corrected chi connectivity index (χ2v) is 7.82. The number of non-ortho nitro benzene ring substituents is 1. The van der Waals surface area contributed by atoms with Gasteiger partial charge in [-0.25, -0.2) is 0 Å². The van der Waals surface area contributed by atoms with Crippen molar-refractivity contribution in [2.75, 3.05) is 50.7 Å². The van der Waals surface area contributed by atoms with Crippen molar-refractivity contribution in [3.05, 3.63) is 40.6 Å². The highest BCUT2D eigenvalue weighted by molar-refractivity contribution is 5.97. The van der Waals surface area contributed by atoms with Crippen molar-refractivity contribution in [1.82, 2.24) is 14.8 Å². The summed E-state index contributed by atoms with van der Waals surface area (Å²) in [6, 6.07) is 6.84. The Kier molecular flexibility index (Phi) is 5.89. The lowest BCUT2D eigenvalue weighted by Gasteiger charge is -2.36. The first-order chi connectivity index (χ1) is 14.1. The second-order valence-electron chi connectivity index (χ2n) is 7.82. The second kappa shape index (κ2) is 8.73. The lowest BCUT2D eigenvalue weighted by molar-refractivity contribution is -0.383. The highest BCUT2D eigenvalue weighted by Gasteiger charge is 2.24. The van der Waals surface area contributed by atoms with Crippen LogP contribution in [-0.2, 0) is 4.79 Å². The number of benzene rings is 1. The van der Waals surface area contributed by atoms with E-state index in [1.807, 2.05) is 4.90 Å². The van der Waals surface area contributed by atoms with E-state index in [4.69, 9.17) is 0 Å². The number of hydrogen-bond donors (Lipinski definition) is 0. The number of rotatable bonds is 4. The fraction of sp³-hybridized carbons (Fsp3) is 0.524. The van der Waals surface area contributed by atoms with Crippen molar-refractivity contribution in [2.45, 2.75) is 25.7 Å². The van der Waals surface area contributed by atoms with Gasteiger partial charge in [0.25, 0.3) is 5.69 Å².